The van der Waals surface area contributed by atoms with Crippen molar-refractivity contribution in [2.75, 3.05) is 26.2 Å². The van der Waals surface area contributed by atoms with E-state index in [1.165, 1.54) is 9.80 Å². The molecule has 3 aliphatic heterocycles. The van der Waals surface area contributed by atoms with E-state index in [1.807, 2.05) is 0 Å². The Morgan fingerprint density at radius 3 is 2.11 bits per heavy atom. The van der Waals surface area contributed by atoms with Gasteiger partial charge < -0.3 is 19.6 Å². The Bertz CT molecular complexity index is 1650. The number of alkyl halides is 7. The number of urea groups is 1. The largest absolute Gasteiger partial charge is 0.491 e. The lowest BCUT2D eigenvalue weighted by Crippen LogP contribution is -2.59. The van der Waals surface area contributed by atoms with Crippen molar-refractivity contribution in [2.45, 2.75) is 60.4 Å². The fraction of sp³-hybridized carbons (Fsp3) is 0.517. The summed E-state index contributed by atoms with van der Waals surface area (Å²) in [6.45, 7) is 2.33. The maximum Gasteiger partial charge on any atom is 0.435 e. The number of rotatable bonds is 4. The summed E-state index contributed by atoms with van der Waals surface area (Å²) in [6, 6.07) is 2.48. The molecule has 3 heterocycles. The second-order valence-electron chi connectivity index (χ2n) is 12.4. The average Bonchev–Trinajstić information content (AvgIpc) is 3.36. The summed E-state index contributed by atoms with van der Waals surface area (Å²) in [5.41, 5.74) is -8.97. The van der Waals surface area contributed by atoms with Crippen molar-refractivity contribution >= 4 is 21.8 Å². The molecule has 17 heteroatoms. The van der Waals surface area contributed by atoms with Gasteiger partial charge in [0.05, 0.1) is 16.9 Å². The molecule has 46 heavy (non-hydrogen) atoms. The second kappa shape index (κ2) is 10.7. The van der Waals surface area contributed by atoms with Gasteiger partial charge in [0.15, 0.2) is 9.84 Å². The first-order valence-electron chi connectivity index (χ1n) is 14.0. The molecule has 3 unspecified atom stereocenters. The van der Waals surface area contributed by atoms with Gasteiger partial charge >= 0.3 is 30.0 Å². The third kappa shape index (κ3) is 4.87. The van der Waals surface area contributed by atoms with Crippen LogP contribution in [0.15, 0.2) is 47.4 Å². The van der Waals surface area contributed by atoms with Crippen LogP contribution in [0.3, 0.4) is 0 Å². The van der Waals surface area contributed by atoms with E-state index in [-0.39, 0.29) is 38.2 Å². The van der Waals surface area contributed by atoms with Crippen molar-refractivity contribution in [3.8, 4) is 5.75 Å². The molecule has 3 atom stereocenters. The summed E-state index contributed by atoms with van der Waals surface area (Å²) in [7, 11) is -4.71. The third-order valence-electron chi connectivity index (χ3n) is 9.30. The standard InChI is InChI=1S/C29H28F8N2O6S/c1-25(2)15-38(11-9-20(25)23(40)41)24(42)39-12-10-26(46(43,44)18-6-4-17(30)5-7-18)19-8-3-16(13-21(19)45-14-22(26)39)27(31,28(32,33)34)29(35,36)37/h3-8,13,20,22H,9-12,14-15H2,1-2H3,(H,40,41). The number of fused-ring (bicyclic) bond motifs is 3. The number of halogens is 8. The highest BCUT2D eigenvalue weighted by atomic mass is 32.2. The Morgan fingerprint density at radius 2 is 1.57 bits per heavy atom. The summed E-state index contributed by atoms with van der Waals surface area (Å²) in [5, 5.41) is 9.60. The predicted molar refractivity (Wildman–Crippen MR) is 144 cm³/mol. The molecular weight excluding hydrogens is 656 g/mol. The molecule has 2 aromatic rings. The van der Waals surface area contributed by atoms with Gasteiger partial charge in [-0.2, -0.15) is 26.3 Å². The number of likely N-dealkylation sites (tertiary alicyclic amines) is 2. The normalized spacial score (nSPS) is 25.0. The van der Waals surface area contributed by atoms with Crippen molar-refractivity contribution < 1.29 is 63.0 Å². The monoisotopic (exact) mass is 684 g/mol. The number of hydrogen-bond acceptors (Lipinski definition) is 5. The van der Waals surface area contributed by atoms with Crippen LogP contribution in [0.4, 0.5) is 39.9 Å². The number of carbonyl (C=O) groups is 2. The lowest BCUT2D eigenvalue weighted by Gasteiger charge is -2.46. The summed E-state index contributed by atoms with van der Waals surface area (Å²) in [4.78, 5) is 27.7. The van der Waals surface area contributed by atoms with Gasteiger partial charge in [0.25, 0.3) is 0 Å². The minimum atomic E-state index is -6.44. The van der Waals surface area contributed by atoms with Gasteiger partial charge in [-0.25, -0.2) is 22.0 Å². The molecule has 0 saturated carbocycles. The number of hydrogen-bond donors (Lipinski definition) is 1. The summed E-state index contributed by atoms with van der Waals surface area (Å²) in [6.07, 6.45) is -13.2. The summed E-state index contributed by atoms with van der Waals surface area (Å²) >= 11 is 0. The molecule has 0 aromatic heterocycles. The molecule has 0 bridgehead atoms. The SMILES string of the molecule is CC1(C)CN(C(=O)N2CCC3(S(=O)(=O)c4ccc(F)cc4)c4ccc(C(F)(C(F)(F)F)C(F)(F)F)cc4OCC23)CCC1C(=O)O. The van der Waals surface area contributed by atoms with Crippen molar-refractivity contribution in [1.82, 2.24) is 9.80 Å². The van der Waals surface area contributed by atoms with Crippen LogP contribution in [-0.2, 0) is 25.0 Å². The smallest absolute Gasteiger partial charge is 0.435 e. The lowest BCUT2D eigenvalue weighted by atomic mass is 9.74. The number of carboxylic acid groups (broad SMARTS) is 1. The van der Waals surface area contributed by atoms with Gasteiger partial charge in [-0.15, -0.1) is 0 Å². The molecule has 2 saturated heterocycles. The zero-order valence-corrected chi connectivity index (χ0v) is 25.1. The molecule has 1 N–H and O–H groups in total. The molecule has 0 aliphatic carbocycles. The quantitative estimate of drug-likeness (QED) is 0.323. The van der Waals surface area contributed by atoms with Crippen LogP contribution in [-0.4, -0.2) is 80.0 Å². The molecule has 0 radical (unpaired) electrons. The van der Waals surface area contributed by atoms with Crippen LogP contribution in [0.2, 0.25) is 0 Å². The second-order valence-corrected chi connectivity index (χ2v) is 14.6. The molecule has 3 aliphatic rings. The van der Waals surface area contributed by atoms with Crippen LogP contribution in [0.25, 0.3) is 0 Å². The van der Waals surface area contributed by atoms with E-state index >= 15 is 0 Å². The van der Waals surface area contributed by atoms with Crippen LogP contribution in [0.5, 0.6) is 5.75 Å². The zero-order chi connectivity index (χ0) is 34.3. The molecule has 0 spiro atoms. The van der Waals surface area contributed by atoms with Gasteiger partial charge in [-0.1, -0.05) is 26.0 Å². The lowest BCUT2D eigenvalue weighted by molar-refractivity contribution is -0.348. The van der Waals surface area contributed by atoms with E-state index in [4.69, 9.17) is 4.74 Å². The summed E-state index contributed by atoms with van der Waals surface area (Å²) < 4.78 is 142. The summed E-state index contributed by atoms with van der Waals surface area (Å²) in [5.74, 6) is -3.37. The first-order chi connectivity index (χ1) is 21.1. The average molecular weight is 685 g/mol. The van der Waals surface area contributed by atoms with Crippen molar-refractivity contribution in [3.05, 3.63) is 59.4 Å². The number of aliphatic carboxylic acids is 1. The van der Waals surface area contributed by atoms with Gasteiger partial charge in [-0.05, 0) is 48.6 Å². The highest BCUT2D eigenvalue weighted by molar-refractivity contribution is 7.92. The minimum absolute atomic E-state index is 0.00837. The van der Waals surface area contributed by atoms with Gasteiger partial charge in [0.2, 0.25) is 0 Å². The van der Waals surface area contributed by atoms with Crippen molar-refractivity contribution in [1.29, 1.82) is 0 Å². The van der Waals surface area contributed by atoms with Crippen LogP contribution < -0.4 is 4.74 Å². The Labute approximate surface area is 257 Å². The van der Waals surface area contributed by atoms with Crippen LogP contribution in [0.1, 0.15) is 37.8 Å². The fourth-order valence-corrected chi connectivity index (χ4v) is 9.22. The Kier molecular flexibility index (Phi) is 7.85. The first-order valence-corrected chi connectivity index (χ1v) is 15.5. The Morgan fingerprint density at radius 1 is 0.957 bits per heavy atom. The Hall–Kier alpha value is -3.63. The molecule has 2 aromatic carbocycles. The van der Waals surface area contributed by atoms with Gasteiger partial charge in [0.1, 0.15) is 22.9 Å². The topological polar surface area (TPSA) is 104 Å². The number of ether oxygens (including phenoxy) is 1. The number of piperidine rings is 1. The highest BCUT2D eigenvalue weighted by Gasteiger charge is 2.74. The number of nitrogens with zero attached hydrogens (tertiary/aromatic N) is 2. The van der Waals surface area contributed by atoms with E-state index < -0.39 is 103 Å². The minimum Gasteiger partial charge on any atom is -0.491 e. The van der Waals surface area contributed by atoms with E-state index in [9.17, 15) is 58.2 Å². The zero-order valence-electron chi connectivity index (χ0n) is 24.3. The van der Waals surface area contributed by atoms with Crippen molar-refractivity contribution in [2.24, 2.45) is 11.3 Å². The number of carbonyl (C=O) groups excluding carboxylic acids is 1. The van der Waals surface area contributed by atoms with E-state index in [0.717, 1.165) is 24.3 Å². The molecular formula is C29H28F8N2O6S. The molecule has 8 nitrogen and oxygen atoms in total. The predicted octanol–water partition coefficient (Wildman–Crippen LogP) is 5.80. The number of sulfone groups is 1. The maximum absolute atomic E-state index is 15.0. The molecule has 5 rings (SSSR count). The molecule has 2 amide bonds. The van der Waals surface area contributed by atoms with Crippen LogP contribution in [0, 0.1) is 17.2 Å². The number of carboxylic acids is 1. The molecule has 2 fully saturated rings. The number of amides is 2. The number of benzene rings is 2. The van der Waals surface area contributed by atoms with E-state index in [0.29, 0.717) is 6.07 Å². The van der Waals surface area contributed by atoms with Crippen molar-refractivity contribution in [3.63, 3.8) is 0 Å². The third-order valence-corrected chi connectivity index (χ3v) is 11.8. The fourth-order valence-electron chi connectivity index (χ4n) is 6.93. The molecule has 252 valence electrons. The maximum atomic E-state index is 15.0. The highest BCUT2D eigenvalue weighted by Crippen LogP contribution is 2.57. The van der Waals surface area contributed by atoms with E-state index in [1.54, 1.807) is 13.8 Å². The van der Waals surface area contributed by atoms with Gasteiger partial charge in [-0.3, -0.25) is 4.79 Å². The van der Waals surface area contributed by atoms with Crippen LogP contribution >= 0.6 is 0 Å². The van der Waals surface area contributed by atoms with Gasteiger partial charge in [0, 0.05) is 30.8 Å². The Balaban J connectivity index is 1.63. The first kappa shape index (κ1) is 33.7. The van der Waals surface area contributed by atoms with E-state index in [2.05, 4.69) is 0 Å².